The molecule has 0 bridgehead atoms. The second kappa shape index (κ2) is 8.87. The smallest absolute Gasteiger partial charge is 0.126 e. The van der Waals surface area contributed by atoms with Crippen molar-refractivity contribution in [2.45, 2.75) is 72.0 Å². The monoisotopic (exact) mass is 333 g/mol. The molecule has 2 atom stereocenters. The summed E-state index contributed by atoms with van der Waals surface area (Å²) < 4.78 is 12.1. The molecule has 3 heteroatoms. The van der Waals surface area contributed by atoms with Crippen LogP contribution in [-0.4, -0.2) is 43.3 Å². The lowest BCUT2D eigenvalue weighted by Gasteiger charge is -2.35. The van der Waals surface area contributed by atoms with E-state index in [-0.39, 0.29) is 0 Å². The molecule has 0 unspecified atom stereocenters. The molecule has 0 aliphatic carbocycles. The summed E-state index contributed by atoms with van der Waals surface area (Å²) in [5.74, 6) is 2.09. The fourth-order valence-corrected chi connectivity index (χ4v) is 3.58. The lowest BCUT2D eigenvalue weighted by Crippen LogP contribution is -2.45. The standard InChI is InChI=1S/C21H35NO2/c1-15(2)19-9-7-10-20(16(3)4)21(19)23-12-8-11-22-13-17(5)24-18(6)14-22/h7,9-10,15-18H,8,11-14H2,1-6H3/t17-,18-/m0/s1. The van der Waals surface area contributed by atoms with Crippen LogP contribution in [0.25, 0.3) is 0 Å². The average molecular weight is 334 g/mol. The summed E-state index contributed by atoms with van der Waals surface area (Å²) in [4.78, 5) is 2.50. The van der Waals surface area contributed by atoms with E-state index in [0.717, 1.165) is 38.4 Å². The quantitative estimate of drug-likeness (QED) is 0.668. The van der Waals surface area contributed by atoms with Gasteiger partial charge in [-0.25, -0.2) is 0 Å². The van der Waals surface area contributed by atoms with Crippen LogP contribution in [0.2, 0.25) is 0 Å². The van der Waals surface area contributed by atoms with Crippen molar-refractivity contribution < 1.29 is 9.47 Å². The van der Waals surface area contributed by atoms with Crippen molar-refractivity contribution in [1.82, 2.24) is 4.90 Å². The SMILES string of the molecule is CC(C)c1cccc(C(C)C)c1OCCCN1C[C@H](C)O[C@@H](C)C1. The molecule has 0 saturated carbocycles. The molecule has 1 fully saturated rings. The summed E-state index contributed by atoms with van der Waals surface area (Å²) >= 11 is 0. The number of rotatable bonds is 7. The molecule has 1 aliphatic heterocycles. The summed E-state index contributed by atoms with van der Waals surface area (Å²) in [6.45, 7) is 17.2. The predicted molar refractivity (Wildman–Crippen MR) is 101 cm³/mol. The first-order valence-corrected chi connectivity index (χ1v) is 9.51. The molecule has 0 amide bonds. The van der Waals surface area contributed by atoms with Gasteiger partial charge in [0.15, 0.2) is 0 Å². The van der Waals surface area contributed by atoms with Gasteiger partial charge in [-0.3, -0.25) is 4.90 Å². The Bertz CT molecular complexity index is 476. The summed E-state index contributed by atoms with van der Waals surface area (Å²) in [7, 11) is 0. The Kier molecular flexibility index (Phi) is 7.12. The molecule has 3 nitrogen and oxygen atoms in total. The van der Waals surface area contributed by atoms with Crippen molar-refractivity contribution >= 4 is 0 Å². The van der Waals surface area contributed by atoms with Crippen LogP contribution >= 0.6 is 0 Å². The van der Waals surface area contributed by atoms with Gasteiger partial charge >= 0.3 is 0 Å². The fraction of sp³-hybridized carbons (Fsp3) is 0.714. The highest BCUT2D eigenvalue weighted by Gasteiger charge is 2.21. The van der Waals surface area contributed by atoms with E-state index in [2.05, 4.69) is 64.6 Å². The number of para-hydroxylation sites is 1. The molecule has 24 heavy (non-hydrogen) atoms. The van der Waals surface area contributed by atoms with E-state index in [4.69, 9.17) is 9.47 Å². The zero-order chi connectivity index (χ0) is 17.7. The van der Waals surface area contributed by atoms with Crippen molar-refractivity contribution in [3.05, 3.63) is 29.3 Å². The zero-order valence-electron chi connectivity index (χ0n) is 16.3. The number of morpholine rings is 1. The number of benzene rings is 1. The molecule has 1 saturated heterocycles. The third-order valence-corrected chi connectivity index (χ3v) is 4.68. The molecule has 2 rings (SSSR count). The van der Waals surface area contributed by atoms with E-state index < -0.39 is 0 Å². The van der Waals surface area contributed by atoms with E-state index in [0.29, 0.717) is 24.0 Å². The zero-order valence-corrected chi connectivity index (χ0v) is 16.3. The van der Waals surface area contributed by atoms with Crippen LogP contribution in [0.4, 0.5) is 0 Å². The fourth-order valence-electron chi connectivity index (χ4n) is 3.58. The van der Waals surface area contributed by atoms with Crippen LogP contribution in [0.5, 0.6) is 5.75 Å². The third-order valence-electron chi connectivity index (χ3n) is 4.68. The maximum Gasteiger partial charge on any atom is 0.126 e. The van der Waals surface area contributed by atoms with Crippen LogP contribution in [0, 0.1) is 0 Å². The Balaban J connectivity index is 1.92. The molecule has 0 radical (unpaired) electrons. The molecule has 0 spiro atoms. The Hall–Kier alpha value is -1.06. The highest BCUT2D eigenvalue weighted by molar-refractivity contribution is 5.44. The van der Waals surface area contributed by atoms with Crippen LogP contribution < -0.4 is 4.74 Å². The maximum atomic E-state index is 6.28. The minimum atomic E-state index is 0.337. The van der Waals surface area contributed by atoms with Crippen molar-refractivity contribution in [3.8, 4) is 5.75 Å². The average Bonchev–Trinajstić information content (AvgIpc) is 2.50. The number of hydrogen-bond acceptors (Lipinski definition) is 3. The second-order valence-corrected chi connectivity index (χ2v) is 7.79. The maximum absolute atomic E-state index is 6.28. The van der Waals surface area contributed by atoms with Gasteiger partial charge in [0.1, 0.15) is 5.75 Å². The second-order valence-electron chi connectivity index (χ2n) is 7.79. The van der Waals surface area contributed by atoms with Gasteiger partial charge < -0.3 is 9.47 Å². The Morgan fingerprint density at radius 2 is 1.58 bits per heavy atom. The van der Waals surface area contributed by atoms with E-state index in [1.54, 1.807) is 0 Å². The molecule has 0 N–H and O–H groups in total. The van der Waals surface area contributed by atoms with E-state index in [9.17, 15) is 0 Å². The van der Waals surface area contributed by atoms with Crippen LogP contribution in [-0.2, 0) is 4.74 Å². The first-order valence-electron chi connectivity index (χ1n) is 9.51. The van der Waals surface area contributed by atoms with E-state index in [1.165, 1.54) is 11.1 Å². The molecule has 1 heterocycles. The van der Waals surface area contributed by atoms with Crippen molar-refractivity contribution in [2.24, 2.45) is 0 Å². The Labute approximate surface area is 148 Å². The van der Waals surface area contributed by atoms with Gasteiger partial charge in [0.2, 0.25) is 0 Å². The van der Waals surface area contributed by atoms with Crippen molar-refractivity contribution in [3.63, 3.8) is 0 Å². The minimum Gasteiger partial charge on any atom is -0.493 e. The van der Waals surface area contributed by atoms with Gasteiger partial charge in [-0.15, -0.1) is 0 Å². The summed E-state index contributed by atoms with van der Waals surface area (Å²) in [5.41, 5.74) is 2.66. The van der Waals surface area contributed by atoms with E-state index in [1.807, 2.05) is 0 Å². The van der Waals surface area contributed by atoms with Gasteiger partial charge in [0.05, 0.1) is 18.8 Å². The van der Waals surface area contributed by atoms with Gasteiger partial charge in [-0.2, -0.15) is 0 Å². The van der Waals surface area contributed by atoms with Crippen LogP contribution in [0.3, 0.4) is 0 Å². The van der Waals surface area contributed by atoms with Crippen molar-refractivity contribution in [2.75, 3.05) is 26.2 Å². The largest absolute Gasteiger partial charge is 0.493 e. The van der Waals surface area contributed by atoms with Crippen LogP contribution in [0.15, 0.2) is 18.2 Å². The number of ether oxygens (including phenoxy) is 2. The highest BCUT2D eigenvalue weighted by atomic mass is 16.5. The first-order chi connectivity index (χ1) is 11.4. The Morgan fingerprint density at radius 3 is 2.08 bits per heavy atom. The topological polar surface area (TPSA) is 21.7 Å². The van der Waals surface area contributed by atoms with Crippen molar-refractivity contribution in [1.29, 1.82) is 0 Å². The predicted octanol–water partition coefficient (Wildman–Crippen LogP) is 4.81. The Morgan fingerprint density at radius 1 is 1.04 bits per heavy atom. The minimum absolute atomic E-state index is 0.337. The van der Waals surface area contributed by atoms with Gasteiger partial charge in [0, 0.05) is 19.6 Å². The molecule has 0 aromatic heterocycles. The highest BCUT2D eigenvalue weighted by Crippen LogP contribution is 2.34. The summed E-state index contributed by atoms with van der Waals surface area (Å²) in [6.07, 6.45) is 1.73. The summed E-state index contributed by atoms with van der Waals surface area (Å²) in [6, 6.07) is 6.57. The van der Waals surface area contributed by atoms with Gasteiger partial charge in [-0.05, 0) is 43.2 Å². The van der Waals surface area contributed by atoms with Gasteiger partial charge in [0.25, 0.3) is 0 Å². The lowest BCUT2D eigenvalue weighted by atomic mass is 9.94. The first kappa shape index (κ1) is 19.3. The van der Waals surface area contributed by atoms with Crippen LogP contribution in [0.1, 0.15) is 70.9 Å². The number of nitrogens with zero attached hydrogens (tertiary/aromatic N) is 1. The normalized spacial score (nSPS) is 22.3. The molecule has 1 aromatic carbocycles. The van der Waals surface area contributed by atoms with E-state index >= 15 is 0 Å². The molecular formula is C21H35NO2. The summed E-state index contributed by atoms with van der Waals surface area (Å²) in [5, 5.41) is 0. The molecule has 136 valence electrons. The molecule has 1 aliphatic rings. The lowest BCUT2D eigenvalue weighted by molar-refractivity contribution is -0.0686. The third kappa shape index (κ3) is 5.22. The molecule has 1 aromatic rings. The van der Waals surface area contributed by atoms with Gasteiger partial charge in [-0.1, -0.05) is 45.9 Å². The number of hydrogen-bond donors (Lipinski definition) is 0. The molecular weight excluding hydrogens is 298 g/mol.